The van der Waals surface area contributed by atoms with Crippen molar-refractivity contribution < 1.29 is 4.42 Å². The fourth-order valence-corrected chi connectivity index (χ4v) is 9.98. The second kappa shape index (κ2) is 12.3. The molecule has 266 valence electrons. The van der Waals surface area contributed by atoms with Crippen molar-refractivity contribution in [2.45, 2.75) is 5.41 Å². The summed E-state index contributed by atoms with van der Waals surface area (Å²) in [5, 5.41) is 2.28. The Labute approximate surface area is 331 Å². The van der Waals surface area contributed by atoms with Crippen LogP contribution in [0.4, 0.5) is 17.1 Å². The minimum atomic E-state index is -0.540. The van der Waals surface area contributed by atoms with Gasteiger partial charge in [-0.05, 0) is 110 Å². The maximum absolute atomic E-state index is 6.83. The molecule has 57 heavy (non-hydrogen) atoms. The Bertz CT molecular complexity index is 3120. The SMILES string of the molecule is c1ccc(-c2ccc(N(c3ccccc3)c3ccc4c(c3)-c3c(cc5oc6ccccc6c5c3-c3ccccc3)C43c4ccccc4-c4ccccc43)cc2)cc1. The third kappa shape index (κ3) is 4.53. The zero-order valence-electron chi connectivity index (χ0n) is 31.1. The Kier molecular flexibility index (Phi) is 6.88. The van der Waals surface area contributed by atoms with Crippen molar-refractivity contribution in [3.05, 3.63) is 235 Å². The number of anilines is 3. The van der Waals surface area contributed by atoms with Crippen LogP contribution in [-0.4, -0.2) is 0 Å². The third-order valence-corrected chi connectivity index (χ3v) is 12.3. The number of hydrogen-bond donors (Lipinski definition) is 0. The lowest BCUT2D eigenvalue weighted by Gasteiger charge is -2.31. The molecule has 0 bridgehead atoms. The zero-order valence-corrected chi connectivity index (χ0v) is 31.1. The van der Waals surface area contributed by atoms with Crippen molar-refractivity contribution in [3.8, 4) is 44.5 Å². The van der Waals surface area contributed by atoms with Crippen molar-refractivity contribution in [3.63, 3.8) is 0 Å². The van der Waals surface area contributed by atoms with Crippen LogP contribution in [0, 0.1) is 0 Å². The van der Waals surface area contributed by atoms with Crippen molar-refractivity contribution in [1.29, 1.82) is 0 Å². The normalized spacial score (nSPS) is 13.1. The smallest absolute Gasteiger partial charge is 0.136 e. The van der Waals surface area contributed by atoms with E-state index in [9.17, 15) is 0 Å². The quantitative estimate of drug-likeness (QED) is 0.176. The number of hydrogen-bond acceptors (Lipinski definition) is 2. The molecule has 12 rings (SSSR count). The van der Waals surface area contributed by atoms with Crippen LogP contribution in [-0.2, 0) is 5.41 Å². The summed E-state index contributed by atoms with van der Waals surface area (Å²) >= 11 is 0. The molecule has 0 unspecified atom stereocenters. The molecule has 0 aliphatic heterocycles. The van der Waals surface area contributed by atoms with Gasteiger partial charge in [0, 0.05) is 33.4 Å². The van der Waals surface area contributed by atoms with Gasteiger partial charge in [-0.15, -0.1) is 0 Å². The summed E-state index contributed by atoms with van der Waals surface area (Å²) in [4.78, 5) is 2.39. The average Bonchev–Trinajstić information content (AvgIpc) is 3.91. The average molecular weight is 726 g/mol. The van der Waals surface area contributed by atoms with E-state index in [1.807, 2.05) is 0 Å². The molecular formula is C55H35NO. The van der Waals surface area contributed by atoms with Gasteiger partial charge in [0.1, 0.15) is 11.2 Å². The lowest BCUT2D eigenvalue weighted by atomic mass is 9.70. The maximum Gasteiger partial charge on any atom is 0.136 e. The molecule has 2 aliphatic rings. The Morgan fingerprint density at radius 2 is 0.860 bits per heavy atom. The van der Waals surface area contributed by atoms with E-state index in [0.29, 0.717) is 0 Å². The summed E-state index contributed by atoms with van der Waals surface area (Å²) in [5.74, 6) is 0. The van der Waals surface area contributed by atoms with Gasteiger partial charge in [-0.25, -0.2) is 0 Å². The lowest BCUT2D eigenvalue weighted by Crippen LogP contribution is -2.26. The summed E-state index contributed by atoms with van der Waals surface area (Å²) in [6.45, 7) is 0. The van der Waals surface area contributed by atoms with Crippen LogP contribution >= 0.6 is 0 Å². The molecule has 10 aromatic rings. The second-order valence-electron chi connectivity index (χ2n) is 15.2. The van der Waals surface area contributed by atoms with E-state index in [4.69, 9.17) is 4.42 Å². The lowest BCUT2D eigenvalue weighted by molar-refractivity contribution is 0.666. The molecule has 0 N–H and O–H groups in total. The van der Waals surface area contributed by atoms with E-state index < -0.39 is 5.41 Å². The Morgan fingerprint density at radius 3 is 1.56 bits per heavy atom. The van der Waals surface area contributed by atoms with Crippen LogP contribution in [0.5, 0.6) is 0 Å². The highest BCUT2D eigenvalue weighted by atomic mass is 16.3. The van der Waals surface area contributed by atoms with Gasteiger partial charge in [-0.3, -0.25) is 0 Å². The number of furan rings is 1. The van der Waals surface area contributed by atoms with Gasteiger partial charge in [0.15, 0.2) is 0 Å². The molecule has 1 spiro atoms. The molecule has 9 aromatic carbocycles. The Morgan fingerprint density at radius 1 is 0.333 bits per heavy atom. The molecule has 0 amide bonds. The zero-order chi connectivity index (χ0) is 37.5. The molecule has 1 heterocycles. The molecule has 0 saturated carbocycles. The summed E-state index contributed by atoms with van der Waals surface area (Å²) in [6.07, 6.45) is 0. The predicted octanol–water partition coefficient (Wildman–Crippen LogP) is 14.7. The van der Waals surface area contributed by atoms with E-state index in [1.165, 1.54) is 66.8 Å². The number of nitrogens with zero attached hydrogens (tertiary/aromatic N) is 1. The van der Waals surface area contributed by atoms with Gasteiger partial charge in [0.05, 0.1) is 5.41 Å². The molecule has 1 aromatic heterocycles. The van der Waals surface area contributed by atoms with Gasteiger partial charge in [-0.1, -0.05) is 164 Å². The summed E-state index contributed by atoms with van der Waals surface area (Å²) in [7, 11) is 0. The monoisotopic (exact) mass is 725 g/mol. The van der Waals surface area contributed by atoms with Gasteiger partial charge >= 0.3 is 0 Å². The summed E-state index contributed by atoms with van der Waals surface area (Å²) in [5.41, 5.74) is 19.6. The van der Waals surface area contributed by atoms with Crippen molar-refractivity contribution in [2.75, 3.05) is 4.90 Å². The van der Waals surface area contributed by atoms with Crippen molar-refractivity contribution in [2.24, 2.45) is 0 Å². The van der Waals surface area contributed by atoms with Gasteiger partial charge < -0.3 is 9.32 Å². The van der Waals surface area contributed by atoms with E-state index >= 15 is 0 Å². The van der Waals surface area contributed by atoms with Gasteiger partial charge in [-0.2, -0.15) is 0 Å². The van der Waals surface area contributed by atoms with Gasteiger partial charge in [0.2, 0.25) is 0 Å². The third-order valence-electron chi connectivity index (χ3n) is 12.3. The fraction of sp³-hybridized carbons (Fsp3) is 0.0182. The first-order valence-electron chi connectivity index (χ1n) is 19.7. The van der Waals surface area contributed by atoms with E-state index in [0.717, 1.165) is 39.0 Å². The van der Waals surface area contributed by atoms with Crippen LogP contribution < -0.4 is 4.90 Å². The Hall–Kier alpha value is -7.42. The topological polar surface area (TPSA) is 16.4 Å². The molecule has 0 saturated heterocycles. The summed E-state index contributed by atoms with van der Waals surface area (Å²) in [6, 6.07) is 77.3. The number of fused-ring (bicyclic) bond motifs is 13. The highest BCUT2D eigenvalue weighted by Crippen LogP contribution is 2.65. The first kappa shape index (κ1) is 31.9. The minimum Gasteiger partial charge on any atom is -0.456 e. The van der Waals surface area contributed by atoms with E-state index in [1.54, 1.807) is 0 Å². The van der Waals surface area contributed by atoms with Gasteiger partial charge in [0.25, 0.3) is 0 Å². The molecule has 0 radical (unpaired) electrons. The molecule has 0 fully saturated rings. The maximum atomic E-state index is 6.83. The predicted molar refractivity (Wildman–Crippen MR) is 236 cm³/mol. The van der Waals surface area contributed by atoms with Crippen molar-refractivity contribution in [1.82, 2.24) is 0 Å². The number of rotatable bonds is 5. The number of benzene rings is 9. The van der Waals surface area contributed by atoms with E-state index in [2.05, 4.69) is 217 Å². The Balaban J connectivity index is 1.19. The van der Waals surface area contributed by atoms with Crippen LogP contribution in [0.25, 0.3) is 66.4 Å². The van der Waals surface area contributed by atoms with Crippen molar-refractivity contribution >= 4 is 39.0 Å². The fourth-order valence-electron chi connectivity index (χ4n) is 9.98. The van der Waals surface area contributed by atoms with Crippen LogP contribution in [0.1, 0.15) is 22.3 Å². The highest BCUT2D eigenvalue weighted by molar-refractivity contribution is 6.18. The first-order valence-corrected chi connectivity index (χ1v) is 19.7. The molecule has 2 nitrogen and oxygen atoms in total. The van der Waals surface area contributed by atoms with E-state index in [-0.39, 0.29) is 0 Å². The van der Waals surface area contributed by atoms with Crippen LogP contribution in [0.3, 0.4) is 0 Å². The van der Waals surface area contributed by atoms with Crippen LogP contribution in [0.15, 0.2) is 217 Å². The molecule has 2 aliphatic carbocycles. The number of para-hydroxylation sites is 2. The summed E-state index contributed by atoms with van der Waals surface area (Å²) < 4.78 is 6.83. The second-order valence-corrected chi connectivity index (χ2v) is 15.2. The van der Waals surface area contributed by atoms with Crippen LogP contribution in [0.2, 0.25) is 0 Å². The minimum absolute atomic E-state index is 0.540. The first-order chi connectivity index (χ1) is 28.3. The molecule has 0 atom stereocenters. The standard InChI is InChI=1S/C55H35NO/c1-4-16-36(17-5-1)37-28-30-40(31-29-37)56(39-20-8-3-9-21-39)41-32-33-48-45(34-41)53-49(55(48)46-25-13-10-22-42(46)43-23-11-14-26-47(43)55)35-51-54(44-24-12-15-27-50(44)57-51)52(53)38-18-6-2-7-19-38/h1-35H. The molecule has 2 heteroatoms. The highest BCUT2D eigenvalue weighted by Gasteiger charge is 2.53. The largest absolute Gasteiger partial charge is 0.456 e. The molecular weight excluding hydrogens is 691 g/mol.